The lowest BCUT2D eigenvalue weighted by Crippen LogP contribution is -2.21. The molecule has 0 aliphatic heterocycles. The molecule has 1 aromatic rings. The summed E-state index contributed by atoms with van der Waals surface area (Å²) in [5, 5.41) is 10.4. The lowest BCUT2D eigenvalue weighted by atomic mass is 9.84. The molecule has 1 rings (SSSR count). The van der Waals surface area contributed by atoms with Gasteiger partial charge < -0.3 is 5.11 Å². The first kappa shape index (κ1) is 13.0. The second kappa shape index (κ2) is 4.10. The molecule has 1 aromatic carbocycles. The average Bonchev–Trinajstić information content (AvgIpc) is 2.13. The second-order valence-corrected chi connectivity index (χ2v) is 5.48. The quantitative estimate of drug-likeness (QED) is 0.756. The van der Waals surface area contributed by atoms with Crippen LogP contribution < -0.4 is 0 Å². The van der Waals surface area contributed by atoms with Crippen molar-refractivity contribution < 1.29 is 9.90 Å². The molecular formula is C13H17ClO2. The average molecular weight is 241 g/mol. The van der Waals surface area contributed by atoms with Crippen molar-refractivity contribution in [2.24, 2.45) is 5.41 Å². The highest BCUT2D eigenvalue weighted by molar-refractivity contribution is 6.32. The van der Waals surface area contributed by atoms with Crippen molar-refractivity contribution in [3.63, 3.8) is 0 Å². The van der Waals surface area contributed by atoms with E-state index in [-0.39, 0.29) is 11.5 Å². The molecule has 0 fully saturated rings. The summed E-state index contributed by atoms with van der Waals surface area (Å²) in [6.45, 7) is 9.03. The Balaban J connectivity index is 3.47. The van der Waals surface area contributed by atoms with Crippen molar-refractivity contribution >= 4 is 17.4 Å². The summed E-state index contributed by atoms with van der Waals surface area (Å²) in [6.07, 6.45) is 0. The van der Waals surface area contributed by atoms with E-state index in [0.717, 1.165) is 5.56 Å². The summed E-state index contributed by atoms with van der Waals surface area (Å²) < 4.78 is 0. The van der Waals surface area contributed by atoms with Crippen LogP contribution in [-0.2, 0) is 0 Å². The fraction of sp³-hybridized carbons (Fsp3) is 0.462. The van der Waals surface area contributed by atoms with Crippen molar-refractivity contribution in [3.05, 3.63) is 27.8 Å². The predicted octanol–water partition coefficient (Wildman–Crippen LogP) is 3.89. The van der Waals surface area contributed by atoms with Crippen LogP contribution in [0.3, 0.4) is 0 Å². The number of rotatable bonds is 1. The van der Waals surface area contributed by atoms with Crippen LogP contribution in [0.15, 0.2) is 6.07 Å². The third kappa shape index (κ3) is 2.22. The van der Waals surface area contributed by atoms with E-state index in [2.05, 4.69) is 0 Å². The minimum atomic E-state index is -0.527. The molecule has 2 nitrogen and oxygen atoms in total. The van der Waals surface area contributed by atoms with Gasteiger partial charge in [0, 0.05) is 10.4 Å². The normalized spacial score (nSPS) is 11.6. The predicted molar refractivity (Wildman–Crippen MR) is 66.4 cm³/mol. The summed E-state index contributed by atoms with van der Waals surface area (Å²) in [6, 6.07) is 1.54. The number of Topliss-reactive ketones (excluding diaryl/α,β-unsaturated/α-hetero) is 1. The first-order chi connectivity index (χ1) is 7.16. The molecule has 0 bridgehead atoms. The van der Waals surface area contributed by atoms with Gasteiger partial charge >= 0.3 is 0 Å². The van der Waals surface area contributed by atoms with E-state index in [1.54, 1.807) is 13.8 Å². The molecule has 88 valence electrons. The minimum Gasteiger partial charge on any atom is -0.507 e. The number of carbonyl (C=O) groups excluding carboxylic acids is 1. The lowest BCUT2D eigenvalue weighted by molar-refractivity contribution is 0.0854. The van der Waals surface area contributed by atoms with E-state index in [9.17, 15) is 9.90 Å². The number of ketones is 1. The van der Waals surface area contributed by atoms with Crippen LogP contribution in [0.5, 0.6) is 5.75 Å². The maximum absolute atomic E-state index is 12.2. The molecule has 0 heterocycles. The molecule has 0 saturated heterocycles. The van der Waals surface area contributed by atoms with Gasteiger partial charge in [-0.25, -0.2) is 0 Å². The zero-order chi connectivity index (χ0) is 12.7. The molecule has 1 N–H and O–H groups in total. The van der Waals surface area contributed by atoms with Crippen LogP contribution >= 0.6 is 11.6 Å². The van der Waals surface area contributed by atoms with E-state index in [1.807, 2.05) is 20.8 Å². The van der Waals surface area contributed by atoms with Crippen molar-refractivity contribution in [1.29, 1.82) is 0 Å². The fourth-order valence-electron chi connectivity index (χ4n) is 1.60. The highest BCUT2D eigenvalue weighted by atomic mass is 35.5. The van der Waals surface area contributed by atoms with Gasteiger partial charge in [-0.2, -0.15) is 0 Å². The van der Waals surface area contributed by atoms with E-state index >= 15 is 0 Å². The van der Waals surface area contributed by atoms with Gasteiger partial charge in [-0.1, -0.05) is 32.4 Å². The number of phenolic OH excluding ortho intramolecular Hbond substituents is 1. The van der Waals surface area contributed by atoms with Crippen LogP contribution in [0.1, 0.15) is 42.3 Å². The third-order valence-corrected chi connectivity index (χ3v) is 3.15. The molecule has 16 heavy (non-hydrogen) atoms. The van der Waals surface area contributed by atoms with Gasteiger partial charge in [0.15, 0.2) is 5.78 Å². The largest absolute Gasteiger partial charge is 0.507 e. The number of aromatic hydroxyl groups is 1. The van der Waals surface area contributed by atoms with E-state index < -0.39 is 5.41 Å². The molecule has 0 atom stereocenters. The number of phenols is 1. The van der Waals surface area contributed by atoms with E-state index in [1.165, 1.54) is 6.07 Å². The summed E-state index contributed by atoms with van der Waals surface area (Å²) in [7, 11) is 0. The Morgan fingerprint density at radius 1 is 1.31 bits per heavy atom. The Hall–Kier alpha value is -1.02. The molecule has 0 unspecified atom stereocenters. The minimum absolute atomic E-state index is 0.0133. The lowest BCUT2D eigenvalue weighted by Gasteiger charge is -2.20. The Morgan fingerprint density at radius 3 is 2.25 bits per heavy atom. The maximum Gasteiger partial charge on any atom is 0.172 e. The second-order valence-electron chi connectivity index (χ2n) is 5.11. The number of hydrogen-bond acceptors (Lipinski definition) is 2. The zero-order valence-electron chi connectivity index (χ0n) is 10.3. The summed E-state index contributed by atoms with van der Waals surface area (Å²) in [5.74, 6) is -0.0799. The Bertz CT molecular complexity index is 442. The van der Waals surface area contributed by atoms with Gasteiger partial charge in [0.2, 0.25) is 0 Å². The van der Waals surface area contributed by atoms with E-state index in [4.69, 9.17) is 11.6 Å². The molecule has 0 radical (unpaired) electrons. The van der Waals surface area contributed by atoms with Crippen LogP contribution in [0.2, 0.25) is 5.02 Å². The van der Waals surface area contributed by atoms with Crippen LogP contribution in [-0.4, -0.2) is 10.9 Å². The molecule has 0 aliphatic rings. The van der Waals surface area contributed by atoms with Crippen molar-refractivity contribution in [3.8, 4) is 5.75 Å². The topological polar surface area (TPSA) is 37.3 Å². The summed E-state index contributed by atoms with van der Waals surface area (Å²) >= 11 is 6.09. The van der Waals surface area contributed by atoms with Crippen LogP contribution in [0.25, 0.3) is 0 Å². The van der Waals surface area contributed by atoms with Crippen LogP contribution in [0, 0.1) is 19.3 Å². The van der Waals surface area contributed by atoms with Crippen molar-refractivity contribution in [2.45, 2.75) is 34.6 Å². The standard InChI is InChI=1S/C13H17ClO2/c1-7-6-9(15)10(8(2)11(7)14)12(16)13(3,4)5/h6,15H,1-5H3. The Morgan fingerprint density at radius 2 is 1.81 bits per heavy atom. The van der Waals surface area contributed by atoms with Gasteiger partial charge in [-0.15, -0.1) is 0 Å². The molecule has 0 amide bonds. The summed E-state index contributed by atoms with van der Waals surface area (Å²) in [4.78, 5) is 12.2. The number of benzene rings is 1. The highest BCUT2D eigenvalue weighted by Crippen LogP contribution is 2.34. The maximum atomic E-state index is 12.2. The van der Waals surface area contributed by atoms with Crippen molar-refractivity contribution in [2.75, 3.05) is 0 Å². The molecular weight excluding hydrogens is 224 g/mol. The number of halogens is 1. The monoisotopic (exact) mass is 240 g/mol. The van der Waals surface area contributed by atoms with Crippen molar-refractivity contribution in [1.82, 2.24) is 0 Å². The van der Waals surface area contributed by atoms with Gasteiger partial charge in [0.05, 0.1) is 5.56 Å². The Labute approximate surface area is 101 Å². The molecule has 0 aliphatic carbocycles. The van der Waals surface area contributed by atoms with Gasteiger partial charge in [-0.05, 0) is 31.0 Å². The van der Waals surface area contributed by atoms with E-state index in [0.29, 0.717) is 16.1 Å². The number of hydrogen-bond donors (Lipinski definition) is 1. The first-order valence-corrected chi connectivity index (χ1v) is 5.57. The first-order valence-electron chi connectivity index (χ1n) is 5.19. The van der Waals surface area contributed by atoms with Gasteiger partial charge in [-0.3, -0.25) is 4.79 Å². The molecule has 0 spiro atoms. The van der Waals surface area contributed by atoms with Gasteiger partial charge in [0.1, 0.15) is 5.75 Å². The molecule has 3 heteroatoms. The third-order valence-electron chi connectivity index (χ3n) is 2.57. The number of carbonyl (C=O) groups is 1. The zero-order valence-corrected chi connectivity index (χ0v) is 11.1. The number of aryl methyl sites for hydroxylation is 1. The highest BCUT2D eigenvalue weighted by Gasteiger charge is 2.28. The SMILES string of the molecule is Cc1cc(O)c(C(=O)C(C)(C)C)c(C)c1Cl. The molecule has 0 saturated carbocycles. The van der Waals surface area contributed by atoms with Gasteiger partial charge in [0.25, 0.3) is 0 Å². The summed E-state index contributed by atoms with van der Waals surface area (Å²) in [5.41, 5.74) is 1.24. The smallest absolute Gasteiger partial charge is 0.172 e. The Kier molecular flexibility index (Phi) is 3.34. The fourth-order valence-corrected chi connectivity index (χ4v) is 1.75. The van der Waals surface area contributed by atoms with Crippen LogP contribution in [0.4, 0.5) is 0 Å². The molecule has 0 aromatic heterocycles.